The Hall–Kier alpha value is -2.91. The van der Waals surface area contributed by atoms with Gasteiger partial charge in [0.1, 0.15) is 5.69 Å². The van der Waals surface area contributed by atoms with Gasteiger partial charge in [-0.05, 0) is 61.5 Å². The van der Waals surface area contributed by atoms with Crippen LogP contribution in [0.25, 0.3) is 11.1 Å². The summed E-state index contributed by atoms with van der Waals surface area (Å²) < 4.78 is 6.06. The van der Waals surface area contributed by atoms with E-state index in [9.17, 15) is 0 Å². The summed E-state index contributed by atoms with van der Waals surface area (Å²) in [4.78, 5) is 4.66. The molecule has 1 aliphatic heterocycles. The summed E-state index contributed by atoms with van der Waals surface area (Å²) in [6.07, 6.45) is 6.08. The summed E-state index contributed by atoms with van der Waals surface area (Å²) >= 11 is 0. The quantitative estimate of drug-likeness (QED) is 0.567. The average molecular weight is 390 g/mol. The van der Waals surface area contributed by atoms with Crippen LogP contribution in [0.3, 0.4) is 0 Å². The summed E-state index contributed by atoms with van der Waals surface area (Å²) in [6.45, 7) is 3.57. The van der Waals surface area contributed by atoms with Crippen LogP contribution < -0.4 is 15.4 Å². The van der Waals surface area contributed by atoms with Crippen molar-refractivity contribution in [2.45, 2.75) is 25.7 Å². The van der Waals surface area contributed by atoms with Crippen LogP contribution in [0.5, 0.6) is 5.88 Å². The number of anilines is 1. The number of ether oxygens (including phenoxy) is 1. The molecule has 0 bridgehead atoms. The van der Waals surface area contributed by atoms with E-state index in [4.69, 9.17) is 15.4 Å². The molecule has 1 saturated carbocycles. The highest BCUT2D eigenvalue weighted by atomic mass is 16.5. The molecule has 150 valence electrons. The van der Waals surface area contributed by atoms with Crippen LogP contribution in [0.2, 0.25) is 0 Å². The van der Waals surface area contributed by atoms with E-state index in [-0.39, 0.29) is 0 Å². The number of aromatic nitrogens is 1. The molecule has 1 aromatic carbocycles. The van der Waals surface area contributed by atoms with E-state index in [1.54, 1.807) is 0 Å². The highest BCUT2D eigenvalue weighted by molar-refractivity contribution is 5.87. The van der Waals surface area contributed by atoms with Crippen LogP contribution in [0.1, 0.15) is 36.9 Å². The molecule has 2 heterocycles. The maximum Gasteiger partial charge on any atom is 0.222 e. The van der Waals surface area contributed by atoms with E-state index in [1.165, 1.54) is 19.1 Å². The number of benzene rings is 1. The molecule has 2 aromatic rings. The molecular weight excluding hydrogens is 362 g/mol. The van der Waals surface area contributed by atoms with Gasteiger partial charge in [0.2, 0.25) is 5.88 Å². The second-order valence-electron chi connectivity index (χ2n) is 7.93. The molecule has 1 aliphatic carbocycles. The first-order valence-corrected chi connectivity index (χ1v) is 10.4. The zero-order valence-electron chi connectivity index (χ0n) is 16.6. The van der Waals surface area contributed by atoms with Gasteiger partial charge in [-0.3, -0.25) is 0 Å². The fourth-order valence-electron chi connectivity index (χ4n) is 3.67. The van der Waals surface area contributed by atoms with Crippen LogP contribution >= 0.6 is 0 Å². The van der Waals surface area contributed by atoms with Gasteiger partial charge in [-0.1, -0.05) is 25.0 Å². The third kappa shape index (κ3) is 4.93. The van der Waals surface area contributed by atoms with Crippen molar-refractivity contribution in [2.75, 3.05) is 31.6 Å². The maximum atomic E-state index is 9.09. The molecule has 4 rings (SSSR count). The van der Waals surface area contributed by atoms with Crippen LogP contribution in [0, 0.1) is 28.6 Å². The number of nitrogens with zero attached hydrogens (tertiary/aromatic N) is 2. The summed E-state index contributed by atoms with van der Waals surface area (Å²) in [5.74, 6) is 1.93. The first-order valence-electron chi connectivity index (χ1n) is 10.4. The SMILES string of the molecule is N#Cc1ccc(-c2cc(NCC3CCNC3)c(C=N)nc2OCCC2CC2)cc1. The third-order valence-corrected chi connectivity index (χ3v) is 5.68. The van der Waals surface area contributed by atoms with Crippen LogP contribution in [-0.2, 0) is 0 Å². The minimum Gasteiger partial charge on any atom is -0.477 e. The molecule has 0 spiro atoms. The zero-order valence-corrected chi connectivity index (χ0v) is 16.6. The highest BCUT2D eigenvalue weighted by Crippen LogP contribution is 2.35. The van der Waals surface area contributed by atoms with Crippen molar-refractivity contribution in [1.82, 2.24) is 10.3 Å². The fraction of sp³-hybridized carbons (Fsp3) is 0.435. The van der Waals surface area contributed by atoms with Gasteiger partial charge < -0.3 is 20.8 Å². The molecule has 1 saturated heterocycles. The lowest BCUT2D eigenvalue weighted by Crippen LogP contribution is -2.18. The van der Waals surface area contributed by atoms with Gasteiger partial charge in [-0.2, -0.15) is 5.26 Å². The maximum absolute atomic E-state index is 9.09. The Labute approximate surface area is 171 Å². The predicted molar refractivity (Wildman–Crippen MR) is 115 cm³/mol. The van der Waals surface area contributed by atoms with Crippen molar-refractivity contribution < 1.29 is 4.74 Å². The zero-order chi connectivity index (χ0) is 20.1. The number of pyridine rings is 1. The lowest BCUT2D eigenvalue weighted by molar-refractivity contribution is 0.292. The van der Waals surface area contributed by atoms with Crippen molar-refractivity contribution in [3.8, 4) is 23.1 Å². The van der Waals surface area contributed by atoms with Crippen molar-refractivity contribution in [2.24, 2.45) is 11.8 Å². The summed E-state index contributed by atoms with van der Waals surface area (Å²) in [5, 5.41) is 23.8. The lowest BCUT2D eigenvalue weighted by Gasteiger charge is -2.17. The van der Waals surface area contributed by atoms with Gasteiger partial charge >= 0.3 is 0 Å². The van der Waals surface area contributed by atoms with Crippen molar-refractivity contribution >= 4 is 11.9 Å². The second kappa shape index (κ2) is 9.06. The number of nitriles is 1. The van der Waals surface area contributed by atoms with E-state index in [0.717, 1.165) is 55.2 Å². The minimum absolute atomic E-state index is 0.557. The standard InChI is InChI=1S/C23H27N5O/c24-12-17-3-5-19(6-4-17)20-11-21(27-15-18-7-9-26-14-18)22(13-25)28-23(20)29-10-8-16-1-2-16/h3-6,11,13,16,18,25-27H,1-2,7-10,14-15H2. The highest BCUT2D eigenvalue weighted by Gasteiger charge is 2.22. The Balaban J connectivity index is 1.61. The van der Waals surface area contributed by atoms with Gasteiger partial charge in [0.05, 0.1) is 23.9 Å². The smallest absolute Gasteiger partial charge is 0.222 e. The Morgan fingerprint density at radius 1 is 1.24 bits per heavy atom. The molecular formula is C23H27N5O. The molecule has 6 nitrogen and oxygen atoms in total. The van der Waals surface area contributed by atoms with Gasteiger partial charge in [0.25, 0.3) is 0 Å². The Kier molecular flexibility index (Phi) is 6.06. The van der Waals surface area contributed by atoms with Crippen molar-refractivity contribution in [3.63, 3.8) is 0 Å². The molecule has 1 aromatic heterocycles. The van der Waals surface area contributed by atoms with E-state index >= 15 is 0 Å². The molecule has 1 unspecified atom stereocenters. The van der Waals surface area contributed by atoms with Gasteiger partial charge in [0, 0.05) is 18.3 Å². The summed E-state index contributed by atoms with van der Waals surface area (Å²) in [6, 6.07) is 11.7. The van der Waals surface area contributed by atoms with Crippen LogP contribution in [0.4, 0.5) is 5.69 Å². The summed E-state index contributed by atoms with van der Waals surface area (Å²) in [5.41, 5.74) is 3.92. The topological polar surface area (TPSA) is 93.8 Å². The lowest BCUT2D eigenvalue weighted by atomic mass is 10.0. The molecule has 1 atom stereocenters. The minimum atomic E-state index is 0.557. The normalized spacial score (nSPS) is 18.2. The molecule has 29 heavy (non-hydrogen) atoms. The summed E-state index contributed by atoms with van der Waals surface area (Å²) in [7, 11) is 0. The van der Waals surface area contributed by atoms with E-state index in [0.29, 0.717) is 29.7 Å². The average Bonchev–Trinajstić information content (AvgIpc) is 3.44. The third-order valence-electron chi connectivity index (χ3n) is 5.68. The first-order chi connectivity index (χ1) is 14.3. The molecule has 2 fully saturated rings. The number of hydrogen-bond acceptors (Lipinski definition) is 6. The van der Waals surface area contributed by atoms with Crippen LogP contribution in [-0.4, -0.2) is 37.4 Å². The number of rotatable bonds is 9. The van der Waals surface area contributed by atoms with Crippen LogP contribution in [0.15, 0.2) is 30.3 Å². The molecule has 0 radical (unpaired) electrons. The monoisotopic (exact) mass is 389 g/mol. The van der Waals surface area contributed by atoms with Crippen molar-refractivity contribution in [3.05, 3.63) is 41.6 Å². The number of nitrogens with one attached hydrogen (secondary N) is 3. The molecule has 3 N–H and O–H groups in total. The first kappa shape index (κ1) is 19.4. The largest absolute Gasteiger partial charge is 0.477 e. The van der Waals surface area contributed by atoms with Crippen molar-refractivity contribution in [1.29, 1.82) is 10.7 Å². The molecule has 2 aliphatic rings. The Morgan fingerprint density at radius 2 is 2.07 bits per heavy atom. The fourth-order valence-corrected chi connectivity index (χ4v) is 3.67. The second-order valence-corrected chi connectivity index (χ2v) is 7.93. The predicted octanol–water partition coefficient (Wildman–Crippen LogP) is 3.82. The van der Waals surface area contributed by atoms with E-state index < -0.39 is 0 Å². The van der Waals surface area contributed by atoms with Gasteiger partial charge in [0.15, 0.2) is 0 Å². The molecule has 0 amide bonds. The molecule has 6 heteroatoms. The van der Waals surface area contributed by atoms with Gasteiger partial charge in [-0.15, -0.1) is 0 Å². The van der Waals surface area contributed by atoms with E-state index in [2.05, 4.69) is 21.7 Å². The van der Waals surface area contributed by atoms with Gasteiger partial charge in [-0.25, -0.2) is 4.98 Å². The Bertz CT molecular complexity index is 893. The Morgan fingerprint density at radius 3 is 2.72 bits per heavy atom. The number of hydrogen-bond donors (Lipinski definition) is 3. The van der Waals surface area contributed by atoms with E-state index in [1.807, 2.05) is 30.3 Å².